The van der Waals surface area contributed by atoms with Crippen LogP contribution in [0.3, 0.4) is 0 Å². The molecule has 1 aromatic carbocycles. The number of hydrogen-bond acceptors (Lipinski definition) is 4. The average Bonchev–Trinajstić information content (AvgIpc) is 2.85. The quantitative estimate of drug-likeness (QED) is 0.532. The van der Waals surface area contributed by atoms with Gasteiger partial charge < -0.3 is 9.64 Å². The Kier molecular flexibility index (Phi) is 7.03. The van der Waals surface area contributed by atoms with Crippen molar-refractivity contribution in [2.45, 2.75) is 82.8 Å². The SMILES string of the molecule is CC(C)(C)OC(=O)N1CC(CCCCc2cccc(SN)c2)CC1(C)C. The van der Waals surface area contributed by atoms with E-state index in [2.05, 4.69) is 32.0 Å². The normalized spacial score (nSPS) is 19.6. The molecule has 1 aliphatic rings. The number of ether oxygens (including phenoxy) is 1. The molecule has 0 aliphatic carbocycles. The number of hydrogen-bond donors (Lipinski definition) is 1. The minimum atomic E-state index is -0.443. The molecule has 0 saturated carbocycles. The third-order valence-corrected chi connectivity index (χ3v) is 5.46. The summed E-state index contributed by atoms with van der Waals surface area (Å²) in [6.07, 6.45) is 5.46. The molecule has 1 aromatic rings. The van der Waals surface area contributed by atoms with Gasteiger partial charge in [0.05, 0.1) is 0 Å². The predicted octanol–water partition coefficient (Wildman–Crippen LogP) is 5.40. The van der Waals surface area contributed by atoms with Crippen LogP contribution >= 0.6 is 11.9 Å². The van der Waals surface area contributed by atoms with Gasteiger partial charge >= 0.3 is 6.09 Å². The van der Waals surface area contributed by atoms with E-state index in [1.54, 1.807) is 0 Å². The topological polar surface area (TPSA) is 55.6 Å². The van der Waals surface area contributed by atoms with Crippen LogP contribution in [0, 0.1) is 5.92 Å². The Hall–Kier alpha value is -1.20. The molecule has 1 atom stereocenters. The maximum absolute atomic E-state index is 12.5. The Morgan fingerprint density at radius 2 is 2.08 bits per heavy atom. The van der Waals surface area contributed by atoms with Gasteiger partial charge in [0, 0.05) is 17.0 Å². The summed E-state index contributed by atoms with van der Waals surface area (Å²) < 4.78 is 5.59. The molecule has 2 rings (SSSR count). The van der Waals surface area contributed by atoms with Crippen LogP contribution in [0.15, 0.2) is 29.2 Å². The highest BCUT2D eigenvalue weighted by atomic mass is 32.2. The van der Waals surface area contributed by atoms with Gasteiger partial charge in [0.1, 0.15) is 5.60 Å². The van der Waals surface area contributed by atoms with Crippen LogP contribution in [-0.2, 0) is 11.2 Å². The van der Waals surface area contributed by atoms with Gasteiger partial charge in [-0.25, -0.2) is 4.79 Å². The molecule has 0 bridgehead atoms. The van der Waals surface area contributed by atoms with Gasteiger partial charge in [0.2, 0.25) is 0 Å². The first-order valence-electron chi connectivity index (χ1n) is 9.57. The molecule has 0 radical (unpaired) electrons. The van der Waals surface area contributed by atoms with Crippen molar-refractivity contribution in [3.8, 4) is 0 Å². The Bertz CT molecular complexity index is 610. The first-order valence-corrected chi connectivity index (χ1v) is 10.4. The maximum atomic E-state index is 12.5. The van der Waals surface area contributed by atoms with E-state index in [9.17, 15) is 4.79 Å². The lowest BCUT2D eigenvalue weighted by Gasteiger charge is -2.33. The third kappa shape index (κ3) is 6.20. The number of nitrogens with two attached hydrogens (primary N) is 1. The molecule has 1 aliphatic heterocycles. The van der Waals surface area contributed by atoms with Crippen molar-refractivity contribution in [2.24, 2.45) is 11.1 Å². The summed E-state index contributed by atoms with van der Waals surface area (Å²) in [5.74, 6) is 0.559. The highest BCUT2D eigenvalue weighted by Crippen LogP contribution is 2.36. The van der Waals surface area contributed by atoms with E-state index in [4.69, 9.17) is 9.88 Å². The molecule has 1 unspecified atom stereocenters. The molecular formula is C21H34N2O2S. The van der Waals surface area contributed by atoms with Crippen molar-refractivity contribution in [1.82, 2.24) is 4.90 Å². The number of benzene rings is 1. The molecule has 1 amide bonds. The second kappa shape index (κ2) is 8.66. The highest BCUT2D eigenvalue weighted by Gasteiger charge is 2.42. The highest BCUT2D eigenvalue weighted by molar-refractivity contribution is 7.97. The fraction of sp³-hybridized carbons (Fsp3) is 0.667. The van der Waals surface area contributed by atoms with Crippen LogP contribution in [-0.4, -0.2) is 28.7 Å². The molecule has 1 fully saturated rings. The largest absolute Gasteiger partial charge is 0.444 e. The Balaban J connectivity index is 1.79. The van der Waals surface area contributed by atoms with Crippen LogP contribution in [0.25, 0.3) is 0 Å². The predicted molar refractivity (Wildman–Crippen MR) is 109 cm³/mol. The van der Waals surface area contributed by atoms with Crippen LogP contribution < -0.4 is 5.14 Å². The number of rotatable bonds is 6. The summed E-state index contributed by atoms with van der Waals surface area (Å²) in [6.45, 7) is 10.9. The van der Waals surface area contributed by atoms with Crippen molar-refractivity contribution in [3.63, 3.8) is 0 Å². The summed E-state index contributed by atoms with van der Waals surface area (Å²) in [5, 5.41) is 5.63. The second-order valence-corrected chi connectivity index (χ2v) is 9.69. The number of carbonyl (C=O) groups excluding carboxylic acids is 1. The molecule has 5 heteroatoms. The monoisotopic (exact) mass is 378 g/mol. The van der Waals surface area contributed by atoms with E-state index in [0.717, 1.165) is 30.7 Å². The van der Waals surface area contributed by atoms with Gasteiger partial charge in [-0.2, -0.15) is 0 Å². The summed E-state index contributed by atoms with van der Waals surface area (Å²) in [6, 6.07) is 8.46. The van der Waals surface area contributed by atoms with Crippen LogP contribution in [0.1, 0.15) is 65.9 Å². The molecule has 2 N–H and O–H groups in total. The van der Waals surface area contributed by atoms with Crippen LogP contribution in [0.4, 0.5) is 4.79 Å². The number of nitrogens with zero attached hydrogens (tertiary/aromatic N) is 1. The van der Waals surface area contributed by atoms with Crippen molar-refractivity contribution < 1.29 is 9.53 Å². The zero-order valence-corrected chi connectivity index (χ0v) is 17.7. The minimum absolute atomic E-state index is 0.125. The summed E-state index contributed by atoms with van der Waals surface area (Å²) >= 11 is 1.30. The van der Waals surface area contributed by atoms with Gasteiger partial charge in [-0.3, -0.25) is 5.14 Å². The van der Waals surface area contributed by atoms with Gasteiger partial charge in [-0.05, 0) is 95.9 Å². The Morgan fingerprint density at radius 3 is 2.73 bits per heavy atom. The maximum Gasteiger partial charge on any atom is 0.410 e. The standard InChI is InChI=1S/C21H34N2O2S/c1-20(2,3)25-19(24)23-15-17(14-21(23,4)5)10-7-6-9-16-11-8-12-18(13-16)26-22/h8,11-13,17H,6-7,9-10,14-15,22H2,1-5H3. The number of aryl methyl sites for hydroxylation is 1. The van der Waals surface area contributed by atoms with Gasteiger partial charge in [-0.15, -0.1) is 0 Å². The van der Waals surface area contributed by atoms with E-state index in [0.29, 0.717) is 5.92 Å². The summed E-state index contributed by atoms with van der Waals surface area (Å²) in [4.78, 5) is 15.5. The summed E-state index contributed by atoms with van der Waals surface area (Å²) in [5.41, 5.74) is 0.781. The van der Waals surface area contributed by atoms with Crippen LogP contribution in [0.2, 0.25) is 0 Å². The molecule has 26 heavy (non-hydrogen) atoms. The first kappa shape index (κ1) is 21.1. The molecule has 146 valence electrons. The van der Waals surface area contributed by atoms with Crippen molar-refractivity contribution in [1.29, 1.82) is 0 Å². The molecule has 1 heterocycles. The lowest BCUT2D eigenvalue weighted by atomic mass is 9.92. The van der Waals surface area contributed by atoms with Crippen LogP contribution in [0.5, 0.6) is 0 Å². The van der Waals surface area contributed by atoms with Gasteiger partial charge in [-0.1, -0.05) is 18.6 Å². The molecule has 0 spiro atoms. The number of carbonyl (C=O) groups is 1. The molecule has 4 nitrogen and oxygen atoms in total. The number of likely N-dealkylation sites (tertiary alicyclic amines) is 1. The Labute approximate surface area is 163 Å². The lowest BCUT2D eigenvalue weighted by molar-refractivity contribution is 0.0131. The minimum Gasteiger partial charge on any atom is -0.444 e. The van der Waals surface area contributed by atoms with E-state index in [1.165, 1.54) is 30.4 Å². The van der Waals surface area contributed by atoms with Crippen molar-refractivity contribution in [2.75, 3.05) is 6.54 Å². The Morgan fingerprint density at radius 1 is 1.35 bits per heavy atom. The second-order valence-electron chi connectivity index (χ2n) is 8.98. The zero-order valence-electron chi connectivity index (χ0n) is 16.9. The lowest BCUT2D eigenvalue weighted by Crippen LogP contribution is -2.45. The summed E-state index contributed by atoms with van der Waals surface area (Å²) in [7, 11) is 0. The van der Waals surface area contributed by atoms with Gasteiger partial charge in [0.15, 0.2) is 0 Å². The number of amides is 1. The molecule has 1 saturated heterocycles. The van der Waals surface area contributed by atoms with E-state index < -0.39 is 5.60 Å². The van der Waals surface area contributed by atoms with Crippen molar-refractivity contribution >= 4 is 18.0 Å². The zero-order chi connectivity index (χ0) is 19.4. The van der Waals surface area contributed by atoms with E-state index in [-0.39, 0.29) is 11.6 Å². The van der Waals surface area contributed by atoms with E-state index in [1.807, 2.05) is 31.7 Å². The van der Waals surface area contributed by atoms with Crippen molar-refractivity contribution in [3.05, 3.63) is 29.8 Å². The fourth-order valence-electron chi connectivity index (χ4n) is 3.75. The average molecular weight is 379 g/mol. The smallest absolute Gasteiger partial charge is 0.410 e. The van der Waals surface area contributed by atoms with Gasteiger partial charge in [0.25, 0.3) is 0 Å². The first-order chi connectivity index (χ1) is 12.1. The molecule has 0 aromatic heterocycles. The van der Waals surface area contributed by atoms with E-state index >= 15 is 0 Å². The number of unbranched alkanes of at least 4 members (excludes halogenated alkanes) is 1. The third-order valence-electron chi connectivity index (χ3n) is 4.94. The molecular weight excluding hydrogens is 344 g/mol. The fourth-order valence-corrected chi connectivity index (χ4v) is 4.13.